The standard InChI is InChI=1S/C16H19ClN4O/c1-22-14-7-6-12(10-13(14)17)20-16-18-9-8-15(21-16)19-11-4-2-3-5-11/h6-11H,2-5H2,1H3,(H2,18,19,20,21). The summed E-state index contributed by atoms with van der Waals surface area (Å²) < 4.78 is 5.14. The average Bonchev–Trinajstić information content (AvgIpc) is 3.01. The highest BCUT2D eigenvalue weighted by Crippen LogP contribution is 2.28. The molecule has 0 radical (unpaired) electrons. The summed E-state index contributed by atoms with van der Waals surface area (Å²) in [6, 6.07) is 7.90. The minimum Gasteiger partial charge on any atom is -0.495 e. The van der Waals surface area contributed by atoms with E-state index < -0.39 is 0 Å². The van der Waals surface area contributed by atoms with Crippen LogP contribution in [0.4, 0.5) is 17.5 Å². The fraction of sp³-hybridized carbons (Fsp3) is 0.375. The molecule has 116 valence electrons. The van der Waals surface area contributed by atoms with E-state index in [0.717, 1.165) is 11.5 Å². The molecule has 0 bridgehead atoms. The highest BCUT2D eigenvalue weighted by molar-refractivity contribution is 6.32. The van der Waals surface area contributed by atoms with E-state index in [0.29, 0.717) is 22.8 Å². The van der Waals surface area contributed by atoms with Crippen LogP contribution >= 0.6 is 11.6 Å². The monoisotopic (exact) mass is 318 g/mol. The molecule has 0 saturated heterocycles. The average molecular weight is 319 g/mol. The number of anilines is 3. The second kappa shape index (κ2) is 6.83. The van der Waals surface area contributed by atoms with Gasteiger partial charge in [0.25, 0.3) is 0 Å². The van der Waals surface area contributed by atoms with E-state index in [-0.39, 0.29) is 0 Å². The molecule has 1 aliphatic rings. The molecule has 1 aliphatic carbocycles. The van der Waals surface area contributed by atoms with Gasteiger partial charge in [-0.2, -0.15) is 4.98 Å². The van der Waals surface area contributed by atoms with E-state index in [1.807, 2.05) is 18.2 Å². The van der Waals surface area contributed by atoms with Gasteiger partial charge < -0.3 is 15.4 Å². The minimum atomic E-state index is 0.526. The van der Waals surface area contributed by atoms with E-state index in [9.17, 15) is 0 Å². The van der Waals surface area contributed by atoms with Crippen LogP contribution in [0.25, 0.3) is 0 Å². The fourth-order valence-corrected chi connectivity index (χ4v) is 2.91. The fourth-order valence-electron chi connectivity index (χ4n) is 2.65. The first-order chi connectivity index (χ1) is 10.7. The van der Waals surface area contributed by atoms with Crippen LogP contribution < -0.4 is 15.4 Å². The summed E-state index contributed by atoms with van der Waals surface area (Å²) in [6.07, 6.45) is 6.75. The van der Waals surface area contributed by atoms with Crippen LogP contribution in [-0.4, -0.2) is 23.1 Å². The molecule has 6 heteroatoms. The molecule has 5 nitrogen and oxygen atoms in total. The van der Waals surface area contributed by atoms with E-state index in [2.05, 4.69) is 20.6 Å². The van der Waals surface area contributed by atoms with Crippen molar-refractivity contribution in [3.8, 4) is 5.75 Å². The van der Waals surface area contributed by atoms with Gasteiger partial charge in [0.2, 0.25) is 5.95 Å². The number of hydrogen-bond acceptors (Lipinski definition) is 5. The summed E-state index contributed by atoms with van der Waals surface area (Å²) in [4.78, 5) is 8.74. The number of aromatic nitrogens is 2. The lowest BCUT2D eigenvalue weighted by atomic mass is 10.2. The molecule has 22 heavy (non-hydrogen) atoms. The lowest BCUT2D eigenvalue weighted by Gasteiger charge is -2.13. The maximum Gasteiger partial charge on any atom is 0.229 e. The molecular formula is C16H19ClN4O. The topological polar surface area (TPSA) is 59.1 Å². The Hall–Kier alpha value is -2.01. The van der Waals surface area contributed by atoms with Gasteiger partial charge in [-0.15, -0.1) is 0 Å². The van der Waals surface area contributed by atoms with Crippen LogP contribution in [0.5, 0.6) is 5.75 Å². The third-order valence-corrected chi connectivity index (χ3v) is 4.07. The third-order valence-electron chi connectivity index (χ3n) is 3.77. The van der Waals surface area contributed by atoms with Crippen LogP contribution in [0.1, 0.15) is 25.7 Å². The molecular weight excluding hydrogens is 300 g/mol. The molecule has 2 N–H and O–H groups in total. The molecule has 1 aromatic heterocycles. The Kier molecular flexibility index (Phi) is 4.63. The zero-order chi connectivity index (χ0) is 15.4. The highest BCUT2D eigenvalue weighted by Gasteiger charge is 2.15. The number of methoxy groups -OCH3 is 1. The molecule has 1 heterocycles. The highest BCUT2D eigenvalue weighted by atomic mass is 35.5. The first kappa shape index (κ1) is 14.9. The van der Waals surface area contributed by atoms with Gasteiger partial charge in [-0.05, 0) is 37.1 Å². The molecule has 0 aliphatic heterocycles. The second-order valence-corrected chi connectivity index (χ2v) is 5.77. The molecule has 0 amide bonds. The van der Waals surface area contributed by atoms with Gasteiger partial charge in [-0.3, -0.25) is 0 Å². The Balaban J connectivity index is 1.70. The van der Waals surface area contributed by atoms with Crippen LogP contribution in [0.2, 0.25) is 5.02 Å². The maximum atomic E-state index is 6.12. The van der Waals surface area contributed by atoms with Gasteiger partial charge >= 0.3 is 0 Å². The zero-order valence-electron chi connectivity index (χ0n) is 12.5. The van der Waals surface area contributed by atoms with Crippen molar-refractivity contribution < 1.29 is 4.74 Å². The van der Waals surface area contributed by atoms with Gasteiger partial charge in [-0.25, -0.2) is 4.98 Å². The lowest BCUT2D eigenvalue weighted by Crippen LogP contribution is -2.15. The summed E-state index contributed by atoms with van der Waals surface area (Å²) in [5, 5.41) is 7.17. The number of nitrogens with zero attached hydrogens (tertiary/aromatic N) is 2. The zero-order valence-corrected chi connectivity index (χ0v) is 13.2. The number of rotatable bonds is 5. The third kappa shape index (κ3) is 3.60. The molecule has 1 saturated carbocycles. The Bertz CT molecular complexity index is 644. The van der Waals surface area contributed by atoms with Crippen molar-refractivity contribution in [2.45, 2.75) is 31.7 Å². The summed E-state index contributed by atoms with van der Waals surface area (Å²) >= 11 is 6.12. The minimum absolute atomic E-state index is 0.526. The first-order valence-corrected chi connectivity index (χ1v) is 7.82. The smallest absolute Gasteiger partial charge is 0.229 e. The predicted molar refractivity (Wildman–Crippen MR) is 89.2 cm³/mol. The molecule has 1 fully saturated rings. The van der Waals surface area contributed by atoms with Crippen LogP contribution in [0, 0.1) is 0 Å². The Morgan fingerprint density at radius 1 is 1.23 bits per heavy atom. The van der Waals surface area contributed by atoms with Crippen molar-refractivity contribution in [1.82, 2.24) is 9.97 Å². The van der Waals surface area contributed by atoms with Crippen molar-refractivity contribution in [2.75, 3.05) is 17.7 Å². The van der Waals surface area contributed by atoms with E-state index >= 15 is 0 Å². The Morgan fingerprint density at radius 2 is 2.05 bits per heavy atom. The first-order valence-electron chi connectivity index (χ1n) is 7.45. The number of hydrogen-bond donors (Lipinski definition) is 2. The summed E-state index contributed by atoms with van der Waals surface area (Å²) in [7, 11) is 1.59. The van der Waals surface area contributed by atoms with Crippen LogP contribution in [0.15, 0.2) is 30.5 Å². The van der Waals surface area contributed by atoms with Crippen molar-refractivity contribution >= 4 is 29.1 Å². The van der Waals surface area contributed by atoms with Crippen molar-refractivity contribution in [1.29, 1.82) is 0 Å². The quantitative estimate of drug-likeness (QED) is 0.863. The van der Waals surface area contributed by atoms with Crippen molar-refractivity contribution in [3.05, 3.63) is 35.5 Å². The largest absolute Gasteiger partial charge is 0.495 e. The maximum absolute atomic E-state index is 6.12. The number of halogens is 1. The summed E-state index contributed by atoms with van der Waals surface area (Å²) in [5.74, 6) is 2.04. The number of nitrogens with one attached hydrogen (secondary N) is 2. The number of ether oxygens (including phenoxy) is 1. The second-order valence-electron chi connectivity index (χ2n) is 5.37. The molecule has 0 spiro atoms. The van der Waals surface area contributed by atoms with Crippen LogP contribution in [0.3, 0.4) is 0 Å². The van der Waals surface area contributed by atoms with Gasteiger partial charge in [0.1, 0.15) is 11.6 Å². The van der Waals surface area contributed by atoms with Gasteiger partial charge in [0.05, 0.1) is 12.1 Å². The predicted octanol–water partition coefficient (Wildman–Crippen LogP) is 4.24. The summed E-state index contributed by atoms with van der Waals surface area (Å²) in [6.45, 7) is 0. The number of benzene rings is 1. The van der Waals surface area contributed by atoms with Gasteiger partial charge in [0.15, 0.2) is 0 Å². The normalized spacial score (nSPS) is 14.8. The molecule has 0 unspecified atom stereocenters. The Morgan fingerprint density at radius 3 is 2.77 bits per heavy atom. The van der Waals surface area contributed by atoms with Crippen molar-refractivity contribution in [3.63, 3.8) is 0 Å². The molecule has 2 aromatic rings. The molecule has 0 atom stereocenters. The SMILES string of the molecule is COc1ccc(Nc2nccc(NC3CCCC3)n2)cc1Cl. The van der Waals surface area contributed by atoms with Gasteiger partial charge in [-0.1, -0.05) is 24.4 Å². The molecule has 1 aromatic carbocycles. The Labute approximate surface area is 135 Å². The van der Waals surface area contributed by atoms with E-state index in [1.165, 1.54) is 25.7 Å². The summed E-state index contributed by atoms with van der Waals surface area (Å²) in [5.41, 5.74) is 0.823. The van der Waals surface area contributed by atoms with E-state index in [1.54, 1.807) is 19.4 Å². The van der Waals surface area contributed by atoms with Crippen molar-refractivity contribution in [2.24, 2.45) is 0 Å². The van der Waals surface area contributed by atoms with E-state index in [4.69, 9.17) is 16.3 Å². The lowest BCUT2D eigenvalue weighted by molar-refractivity contribution is 0.415. The molecule has 3 rings (SSSR count). The van der Waals surface area contributed by atoms with Crippen LogP contribution in [-0.2, 0) is 0 Å². The van der Waals surface area contributed by atoms with Gasteiger partial charge in [0, 0.05) is 17.9 Å².